The summed E-state index contributed by atoms with van der Waals surface area (Å²) in [5.41, 5.74) is 5.39. The summed E-state index contributed by atoms with van der Waals surface area (Å²) in [4.78, 5) is 11.3. The first kappa shape index (κ1) is 15.3. The minimum atomic E-state index is -3.47. The standard InChI is InChI=1S/C9H21N3O3S/c1-4-8(6-10)16(14,15)12(3)7-9(13)11-5-2/h8H,4-7,10H2,1-3H3,(H,11,13). The van der Waals surface area contributed by atoms with E-state index in [1.54, 1.807) is 13.8 Å². The normalized spacial score (nSPS) is 13.8. The fraction of sp³-hybridized carbons (Fsp3) is 0.889. The van der Waals surface area contributed by atoms with Gasteiger partial charge in [-0.15, -0.1) is 0 Å². The Hall–Kier alpha value is -0.660. The van der Waals surface area contributed by atoms with Crippen molar-refractivity contribution in [2.24, 2.45) is 5.73 Å². The number of hydrogen-bond donors (Lipinski definition) is 2. The van der Waals surface area contributed by atoms with Crippen LogP contribution in [0.4, 0.5) is 0 Å². The minimum Gasteiger partial charge on any atom is -0.355 e. The molecule has 1 amide bonds. The number of carbonyl (C=O) groups is 1. The van der Waals surface area contributed by atoms with Crippen LogP contribution in [0, 0.1) is 0 Å². The first-order valence-electron chi connectivity index (χ1n) is 5.32. The molecule has 3 N–H and O–H groups in total. The lowest BCUT2D eigenvalue weighted by Crippen LogP contribution is -2.44. The Bertz CT molecular complexity index is 312. The topological polar surface area (TPSA) is 92.5 Å². The van der Waals surface area contributed by atoms with Gasteiger partial charge in [-0.05, 0) is 13.3 Å². The molecule has 6 nitrogen and oxygen atoms in total. The molecule has 7 heteroatoms. The monoisotopic (exact) mass is 251 g/mol. The molecule has 0 radical (unpaired) electrons. The molecule has 0 bridgehead atoms. The molecule has 0 aliphatic heterocycles. The van der Waals surface area contributed by atoms with Crippen LogP contribution in [-0.2, 0) is 14.8 Å². The van der Waals surface area contributed by atoms with Gasteiger partial charge >= 0.3 is 0 Å². The Morgan fingerprint density at radius 1 is 1.44 bits per heavy atom. The van der Waals surface area contributed by atoms with E-state index in [0.717, 1.165) is 4.31 Å². The SMILES string of the molecule is CCNC(=O)CN(C)S(=O)(=O)C(CC)CN. The Morgan fingerprint density at radius 2 is 2.00 bits per heavy atom. The highest BCUT2D eigenvalue weighted by Crippen LogP contribution is 2.09. The number of nitrogens with two attached hydrogens (primary N) is 1. The van der Waals surface area contributed by atoms with Crippen LogP contribution in [-0.4, -0.2) is 50.6 Å². The minimum absolute atomic E-state index is 0.0680. The number of nitrogens with zero attached hydrogens (tertiary/aromatic N) is 1. The van der Waals surface area contributed by atoms with E-state index in [4.69, 9.17) is 5.73 Å². The van der Waals surface area contributed by atoms with Crippen molar-refractivity contribution in [1.82, 2.24) is 9.62 Å². The molecule has 0 aliphatic rings. The van der Waals surface area contributed by atoms with E-state index in [1.165, 1.54) is 7.05 Å². The van der Waals surface area contributed by atoms with Crippen LogP contribution in [0.1, 0.15) is 20.3 Å². The van der Waals surface area contributed by atoms with Crippen LogP contribution in [0.25, 0.3) is 0 Å². The van der Waals surface area contributed by atoms with Gasteiger partial charge in [-0.25, -0.2) is 8.42 Å². The van der Waals surface area contributed by atoms with E-state index in [-0.39, 0.29) is 19.0 Å². The predicted molar refractivity (Wildman–Crippen MR) is 63.4 cm³/mol. The van der Waals surface area contributed by atoms with Crippen molar-refractivity contribution in [1.29, 1.82) is 0 Å². The second kappa shape index (κ2) is 6.82. The summed E-state index contributed by atoms with van der Waals surface area (Å²) in [6.45, 7) is 3.93. The largest absolute Gasteiger partial charge is 0.355 e. The van der Waals surface area contributed by atoms with Crippen molar-refractivity contribution in [3.63, 3.8) is 0 Å². The molecule has 0 rings (SSSR count). The van der Waals surface area contributed by atoms with E-state index in [2.05, 4.69) is 5.32 Å². The van der Waals surface area contributed by atoms with E-state index in [1.807, 2.05) is 0 Å². The highest BCUT2D eigenvalue weighted by molar-refractivity contribution is 7.89. The van der Waals surface area contributed by atoms with Gasteiger partial charge in [0, 0.05) is 20.1 Å². The van der Waals surface area contributed by atoms with Gasteiger partial charge in [0.2, 0.25) is 15.9 Å². The third-order valence-electron chi connectivity index (χ3n) is 2.31. The Balaban J connectivity index is 4.58. The lowest BCUT2D eigenvalue weighted by atomic mass is 10.3. The van der Waals surface area contributed by atoms with Crippen LogP contribution >= 0.6 is 0 Å². The van der Waals surface area contributed by atoms with Crippen molar-refractivity contribution >= 4 is 15.9 Å². The van der Waals surface area contributed by atoms with E-state index >= 15 is 0 Å². The fourth-order valence-electron chi connectivity index (χ4n) is 1.30. The molecule has 1 unspecified atom stereocenters. The number of carbonyl (C=O) groups excluding carboxylic acids is 1. The second-order valence-corrected chi connectivity index (χ2v) is 5.84. The average molecular weight is 251 g/mol. The third-order valence-corrected chi connectivity index (χ3v) is 4.68. The molecule has 16 heavy (non-hydrogen) atoms. The molecule has 0 saturated heterocycles. The lowest BCUT2D eigenvalue weighted by molar-refractivity contribution is -0.121. The van der Waals surface area contributed by atoms with Gasteiger partial charge < -0.3 is 11.1 Å². The van der Waals surface area contributed by atoms with Crippen molar-refractivity contribution < 1.29 is 13.2 Å². The van der Waals surface area contributed by atoms with Gasteiger partial charge in [0.05, 0.1) is 11.8 Å². The summed E-state index contributed by atoms with van der Waals surface area (Å²) in [7, 11) is -2.08. The van der Waals surface area contributed by atoms with Crippen molar-refractivity contribution in [3.8, 4) is 0 Å². The number of rotatable bonds is 7. The average Bonchev–Trinajstić information content (AvgIpc) is 2.19. The van der Waals surface area contributed by atoms with Gasteiger partial charge in [0.25, 0.3) is 0 Å². The highest BCUT2D eigenvalue weighted by atomic mass is 32.2. The summed E-state index contributed by atoms with van der Waals surface area (Å²) in [5.74, 6) is -0.305. The maximum atomic E-state index is 11.9. The molecule has 0 aliphatic carbocycles. The summed E-state index contributed by atoms with van der Waals surface area (Å²) in [6, 6.07) is 0. The number of sulfonamides is 1. The molecular formula is C9H21N3O3S. The van der Waals surface area contributed by atoms with Crippen LogP contribution in [0.15, 0.2) is 0 Å². The zero-order valence-corrected chi connectivity index (χ0v) is 10.9. The Kier molecular flexibility index (Phi) is 6.54. The van der Waals surface area contributed by atoms with Crippen LogP contribution in [0.5, 0.6) is 0 Å². The number of amides is 1. The van der Waals surface area contributed by atoms with Crippen LogP contribution in [0.2, 0.25) is 0 Å². The predicted octanol–water partition coefficient (Wildman–Crippen LogP) is -0.879. The zero-order valence-electron chi connectivity index (χ0n) is 10.1. The molecule has 0 saturated carbocycles. The number of nitrogens with one attached hydrogen (secondary N) is 1. The summed E-state index contributed by atoms with van der Waals surface area (Å²) in [6.07, 6.45) is 0.443. The van der Waals surface area contributed by atoms with Crippen LogP contribution < -0.4 is 11.1 Å². The Morgan fingerprint density at radius 3 is 2.38 bits per heavy atom. The first-order chi connectivity index (χ1) is 7.39. The maximum Gasteiger partial charge on any atom is 0.235 e. The molecule has 0 aromatic carbocycles. The van der Waals surface area contributed by atoms with Crippen molar-refractivity contribution in [2.45, 2.75) is 25.5 Å². The van der Waals surface area contributed by atoms with Crippen molar-refractivity contribution in [2.75, 3.05) is 26.7 Å². The molecule has 0 fully saturated rings. The molecule has 0 spiro atoms. The second-order valence-electron chi connectivity index (χ2n) is 3.52. The van der Waals surface area contributed by atoms with Gasteiger partial charge in [-0.2, -0.15) is 4.31 Å². The van der Waals surface area contributed by atoms with Gasteiger partial charge in [0.15, 0.2) is 0 Å². The first-order valence-corrected chi connectivity index (χ1v) is 6.82. The highest BCUT2D eigenvalue weighted by Gasteiger charge is 2.28. The van der Waals surface area contributed by atoms with Gasteiger partial charge in [0.1, 0.15) is 0 Å². The van der Waals surface area contributed by atoms with E-state index < -0.39 is 15.3 Å². The fourth-order valence-corrected chi connectivity index (χ4v) is 2.77. The van der Waals surface area contributed by atoms with Crippen molar-refractivity contribution in [3.05, 3.63) is 0 Å². The smallest absolute Gasteiger partial charge is 0.235 e. The molecular weight excluding hydrogens is 230 g/mol. The van der Waals surface area contributed by atoms with Gasteiger partial charge in [-0.1, -0.05) is 6.92 Å². The summed E-state index contributed by atoms with van der Waals surface area (Å²) in [5, 5.41) is 1.93. The number of likely N-dealkylation sites (N-methyl/N-ethyl adjacent to an activating group) is 2. The molecule has 96 valence electrons. The molecule has 1 atom stereocenters. The lowest BCUT2D eigenvalue weighted by Gasteiger charge is -2.22. The Labute approximate surface area is 97.2 Å². The molecule has 0 heterocycles. The third kappa shape index (κ3) is 4.07. The zero-order chi connectivity index (χ0) is 12.8. The number of hydrogen-bond acceptors (Lipinski definition) is 4. The van der Waals surface area contributed by atoms with Crippen LogP contribution in [0.3, 0.4) is 0 Å². The van der Waals surface area contributed by atoms with E-state index in [0.29, 0.717) is 13.0 Å². The van der Waals surface area contributed by atoms with E-state index in [9.17, 15) is 13.2 Å². The molecule has 0 aromatic heterocycles. The summed E-state index contributed by atoms with van der Waals surface area (Å²) < 4.78 is 24.9. The molecule has 0 aromatic rings. The van der Waals surface area contributed by atoms with Gasteiger partial charge in [-0.3, -0.25) is 4.79 Å². The quantitative estimate of drug-likeness (QED) is 0.614. The maximum absolute atomic E-state index is 11.9. The summed E-state index contributed by atoms with van der Waals surface area (Å²) >= 11 is 0.